The van der Waals surface area contributed by atoms with Crippen LogP contribution in [0.1, 0.15) is 19.8 Å². The predicted octanol–water partition coefficient (Wildman–Crippen LogP) is 0.781. The number of ether oxygens (including phenoxy) is 1. The third-order valence-corrected chi connectivity index (χ3v) is 6.76. The number of halogens is 1. The highest BCUT2D eigenvalue weighted by Crippen LogP contribution is 2.63. The van der Waals surface area contributed by atoms with Crippen molar-refractivity contribution in [2.24, 2.45) is 11.8 Å². The van der Waals surface area contributed by atoms with Gasteiger partial charge in [-0.05, 0) is 44.0 Å². The Balaban J connectivity index is 1.72. The van der Waals surface area contributed by atoms with Gasteiger partial charge in [0.2, 0.25) is 17.7 Å². The van der Waals surface area contributed by atoms with Gasteiger partial charge in [0.1, 0.15) is 11.6 Å². The number of nitrogens with zero attached hydrogens (tertiary/aromatic N) is 1. The molecule has 3 heterocycles. The van der Waals surface area contributed by atoms with Crippen LogP contribution < -0.4 is 10.6 Å². The molecule has 9 heteroatoms. The molecule has 3 N–H and O–H groups in total. The van der Waals surface area contributed by atoms with E-state index < -0.39 is 35.0 Å². The number of hydrogen-bond acceptors (Lipinski definition) is 5. The molecular weight excluding hydrogens is 398 g/mol. The molecule has 29 heavy (non-hydrogen) atoms. The van der Waals surface area contributed by atoms with E-state index in [4.69, 9.17) is 16.3 Å². The number of rotatable bonds is 5. The lowest BCUT2D eigenvalue weighted by atomic mass is 9.66. The van der Waals surface area contributed by atoms with E-state index in [1.54, 1.807) is 24.3 Å². The molecule has 1 aromatic carbocycles. The maximum Gasteiger partial charge on any atom is 0.250 e. The van der Waals surface area contributed by atoms with E-state index in [1.165, 1.54) is 11.9 Å². The third-order valence-electron chi connectivity index (χ3n) is 6.51. The Morgan fingerprint density at radius 1 is 1.28 bits per heavy atom. The Labute approximate surface area is 173 Å². The van der Waals surface area contributed by atoms with Crippen LogP contribution in [0.4, 0.5) is 5.69 Å². The van der Waals surface area contributed by atoms with Gasteiger partial charge >= 0.3 is 0 Å². The quantitative estimate of drug-likeness (QED) is 0.651. The van der Waals surface area contributed by atoms with Crippen LogP contribution in [0.15, 0.2) is 24.3 Å². The van der Waals surface area contributed by atoms with Crippen LogP contribution in [0.5, 0.6) is 0 Å². The van der Waals surface area contributed by atoms with Gasteiger partial charge in [-0.1, -0.05) is 11.6 Å². The van der Waals surface area contributed by atoms with Crippen molar-refractivity contribution in [1.29, 1.82) is 0 Å². The van der Waals surface area contributed by atoms with E-state index in [0.717, 1.165) is 0 Å². The van der Waals surface area contributed by atoms with Gasteiger partial charge in [-0.3, -0.25) is 14.4 Å². The number of fused-ring (bicyclic) bond motifs is 1. The van der Waals surface area contributed by atoms with Gasteiger partial charge in [0.15, 0.2) is 0 Å². The fourth-order valence-corrected chi connectivity index (χ4v) is 5.50. The van der Waals surface area contributed by atoms with Gasteiger partial charge in [0, 0.05) is 24.3 Å². The van der Waals surface area contributed by atoms with Crippen LogP contribution in [-0.2, 0) is 19.1 Å². The zero-order valence-electron chi connectivity index (χ0n) is 16.3. The lowest BCUT2D eigenvalue weighted by molar-refractivity contribution is -0.144. The van der Waals surface area contributed by atoms with Crippen molar-refractivity contribution in [2.75, 3.05) is 25.5 Å². The van der Waals surface area contributed by atoms with Gasteiger partial charge in [0.25, 0.3) is 0 Å². The molecule has 0 saturated carbocycles. The molecule has 4 rings (SSSR count). The summed E-state index contributed by atoms with van der Waals surface area (Å²) in [7, 11) is 1.53. The molecule has 0 aliphatic carbocycles. The number of amides is 3. The molecule has 5 atom stereocenters. The summed E-state index contributed by atoms with van der Waals surface area (Å²) in [4.78, 5) is 40.6. The first-order valence-corrected chi connectivity index (χ1v) is 10.0. The average molecular weight is 422 g/mol. The molecule has 8 nitrogen and oxygen atoms in total. The third kappa shape index (κ3) is 2.85. The Morgan fingerprint density at radius 2 is 1.97 bits per heavy atom. The summed E-state index contributed by atoms with van der Waals surface area (Å²) in [5, 5.41) is 15.5. The number of β-amino-alcohol motifs (C(OH)–C–C–N with tert-alkyl or cyclic N) is 1. The summed E-state index contributed by atoms with van der Waals surface area (Å²) < 4.78 is 6.36. The maximum absolute atomic E-state index is 13.3. The summed E-state index contributed by atoms with van der Waals surface area (Å²) in [6, 6.07) is 5.72. The number of aliphatic hydroxyl groups is 1. The van der Waals surface area contributed by atoms with Crippen LogP contribution in [0.3, 0.4) is 0 Å². The van der Waals surface area contributed by atoms with Crippen molar-refractivity contribution in [3.05, 3.63) is 29.3 Å². The van der Waals surface area contributed by atoms with Crippen LogP contribution in [0.2, 0.25) is 5.02 Å². The first kappa shape index (κ1) is 20.1. The molecule has 2 bridgehead atoms. The van der Waals surface area contributed by atoms with E-state index in [1.807, 2.05) is 6.92 Å². The largest absolute Gasteiger partial charge is 0.395 e. The number of carbonyl (C=O) groups is 3. The Morgan fingerprint density at radius 3 is 2.59 bits per heavy atom. The second-order valence-corrected chi connectivity index (χ2v) is 8.53. The van der Waals surface area contributed by atoms with E-state index in [2.05, 4.69) is 10.6 Å². The molecule has 3 aliphatic rings. The van der Waals surface area contributed by atoms with E-state index >= 15 is 0 Å². The van der Waals surface area contributed by atoms with Gasteiger partial charge in [-0.2, -0.15) is 0 Å². The Bertz CT molecular complexity index is 862. The van der Waals surface area contributed by atoms with Crippen LogP contribution in [-0.4, -0.2) is 65.2 Å². The first-order chi connectivity index (χ1) is 13.8. The van der Waals surface area contributed by atoms with Gasteiger partial charge in [-0.25, -0.2) is 0 Å². The summed E-state index contributed by atoms with van der Waals surface area (Å²) in [5.41, 5.74) is -1.35. The number of benzene rings is 1. The SMILES string of the molecule is CNC(=O)[C@@H]1[C@H]2C(=O)N(CCO)C(C(=O)Nc3ccc(Cl)cc3)C23CC[C@@]1(C)O3. The van der Waals surface area contributed by atoms with Crippen LogP contribution in [0.25, 0.3) is 0 Å². The fourth-order valence-electron chi connectivity index (χ4n) is 5.37. The second-order valence-electron chi connectivity index (χ2n) is 8.09. The molecular formula is C20H24ClN3O5. The fraction of sp³-hybridized carbons (Fsp3) is 0.550. The Kier molecular flexibility index (Phi) is 4.83. The number of hydrogen-bond donors (Lipinski definition) is 3. The summed E-state index contributed by atoms with van der Waals surface area (Å²) in [6.45, 7) is 1.54. The second kappa shape index (κ2) is 6.97. The van der Waals surface area contributed by atoms with Gasteiger partial charge in [0.05, 0.1) is 24.0 Å². The van der Waals surface area contributed by atoms with E-state index in [0.29, 0.717) is 23.6 Å². The molecule has 1 spiro atoms. The zero-order valence-corrected chi connectivity index (χ0v) is 17.0. The number of likely N-dealkylation sites (tertiary alicyclic amines) is 1. The lowest BCUT2D eigenvalue weighted by Crippen LogP contribution is -2.53. The molecule has 2 unspecified atom stereocenters. The minimum Gasteiger partial charge on any atom is -0.395 e. The van der Waals surface area contributed by atoms with Crippen molar-refractivity contribution >= 4 is 35.0 Å². The summed E-state index contributed by atoms with van der Waals surface area (Å²) in [5.74, 6) is -2.43. The molecule has 156 valence electrons. The topological polar surface area (TPSA) is 108 Å². The number of carbonyl (C=O) groups excluding carboxylic acids is 3. The minimum absolute atomic E-state index is 0.00364. The first-order valence-electron chi connectivity index (χ1n) is 9.67. The normalized spacial score (nSPS) is 35.0. The van der Waals surface area contributed by atoms with Crippen molar-refractivity contribution in [2.45, 2.75) is 37.0 Å². The predicted molar refractivity (Wildman–Crippen MR) is 105 cm³/mol. The molecule has 0 radical (unpaired) electrons. The molecule has 3 aliphatic heterocycles. The van der Waals surface area contributed by atoms with Gasteiger partial charge in [-0.15, -0.1) is 0 Å². The van der Waals surface area contributed by atoms with Crippen molar-refractivity contribution in [1.82, 2.24) is 10.2 Å². The van der Waals surface area contributed by atoms with Crippen LogP contribution >= 0.6 is 11.6 Å². The molecule has 3 fully saturated rings. The van der Waals surface area contributed by atoms with E-state index in [9.17, 15) is 19.5 Å². The van der Waals surface area contributed by atoms with E-state index in [-0.39, 0.29) is 25.0 Å². The van der Waals surface area contributed by atoms with Crippen LogP contribution in [0, 0.1) is 11.8 Å². The lowest BCUT2D eigenvalue weighted by Gasteiger charge is -2.33. The van der Waals surface area contributed by atoms with Gasteiger partial charge < -0.3 is 25.4 Å². The van der Waals surface area contributed by atoms with Crippen molar-refractivity contribution < 1.29 is 24.2 Å². The monoisotopic (exact) mass is 421 g/mol. The number of aliphatic hydroxyl groups excluding tert-OH is 1. The molecule has 0 aromatic heterocycles. The number of nitrogens with one attached hydrogen (secondary N) is 2. The standard InChI is InChI=1S/C20H24ClN3O5/c1-19-7-8-20(29-19)14(13(19)16(26)22-2)18(28)24(9-10-25)15(20)17(27)23-12-5-3-11(21)4-6-12/h3-6,13-15,25H,7-10H2,1-2H3,(H,22,26)(H,23,27)/t13-,14-,15?,19+,20?/m0/s1. The summed E-state index contributed by atoms with van der Waals surface area (Å²) in [6.07, 6.45) is 1.07. The highest BCUT2D eigenvalue weighted by molar-refractivity contribution is 6.30. The summed E-state index contributed by atoms with van der Waals surface area (Å²) >= 11 is 5.91. The average Bonchev–Trinajstić information content (AvgIpc) is 3.25. The molecule has 3 amide bonds. The number of anilines is 1. The zero-order chi connectivity index (χ0) is 21.0. The van der Waals surface area contributed by atoms with Crippen molar-refractivity contribution in [3.8, 4) is 0 Å². The Hall–Kier alpha value is -2.16. The highest BCUT2D eigenvalue weighted by atomic mass is 35.5. The smallest absolute Gasteiger partial charge is 0.250 e. The molecule has 1 aromatic rings. The molecule has 3 saturated heterocycles. The maximum atomic E-state index is 13.3. The minimum atomic E-state index is -1.09. The highest BCUT2D eigenvalue weighted by Gasteiger charge is 2.77. The van der Waals surface area contributed by atoms with Crippen molar-refractivity contribution in [3.63, 3.8) is 0 Å².